The van der Waals surface area contributed by atoms with Gasteiger partial charge in [0.2, 0.25) is 0 Å². The van der Waals surface area contributed by atoms with Crippen LogP contribution in [0.3, 0.4) is 0 Å². The summed E-state index contributed by atoms with van der Waals surface area (Å²) in [5.41, 5.74) is 0. The van der Waals surface area contributed by atoms with Gasteiger partial charge in [-0.25, -0.2) is 13.2 Å². The number of halogens is 23. The number of hydrogen-bond donors (Lipinski definition) is 0. The van der Waals surface area contributed by atoms with E-state index in [1.54, 1.807) is 0 Å². The van der Waals surface area contributed by atoms with Gasteiger partial charge in [0, 0.05) is 0 Å². The molecule has 1 atom stereocenters. The number of alkyl halides is 23. The Balaban J connectivity index is 7.17. The Hall–Kier alpha value is -1.61. The van der Waals surface area contributed by atoms with Gasteiger partial charge in [0.05, 0.1) is 0 Å². The van der Waals surface area contributed by atoms with Gasteiger partial charge in [0.25, 0.3) is 0 Å². The summed E-state index contributed by atoms with van der Waals surface area (Å²) in [7, 11) is 0. The molecule has 224 valence electrons. The minimum Gasteiger partial charge on any atom is -0.241 e. The van der Waals surface area contributed by atoms with Crippen molar-refractivity contribution in [2.24, 2.45) is 0 Å². The molecule has 0 N–H and O–H groups in total. The van der Waals surface area contributed by atoms with Crippen LogP contribution < -0.4 is 0 Å². The van der Waals surface area contributed by atoms with Gasteiger partial charge >= 0.3 is 65.7 Å². The van der Waals surface area contributed by atoms with Crippen LogP contribution in [0.15, 0.2) is 0 Å². The Morgan fingerprint density at radius 3 is 0.730 bits per heavy atom. The second kappa shape index (κ2) is 8.97. The molecule has 0 fully saturated rings. The lowest BCUT2D eigenvalue weighted by Crippen LogP contribution is -2.77. The summed E-state index contributed by atoms with van der Waals surface area (Å²) in [6, 6.07) is 0. The fourth-order valence-corrected chi connectivity index (χ4v) is 2.19. The molecule has 0 nitrogen and oxygen atoms in total. The first kappa shape index (κ1) is 35.4. The normalized spacial score (nSPS) is 17.4. The Kier molecular flexibility index (Phi) is 8.58. The number of hydrogen-bond acceptors (Lipinski definition) is 0. The van der Waals surface area contributed by atoms with Gasteiger partial charge in [0.1, 0.15) is 0 Å². The van der Waals surface area contributed by atoms with E-state index in [0.29, 0.717) is 0 Å². The van der Waals surface area contributed by atoms with E-state index < -0.39 is 78.2 Å². The molecule has 0 amide bonds. The van der Waals surface area contributed by atoms with Crippen LogP contribution in [0.2, 0.25) is 0 Å². The molecule has 1 unspecified atom stereocenters. The third kappa shape index (κ3) is 4.14. The van der Waals surface area contributed by atoms with Crippen molar-refractivity contribution in [1.29, 1.82) is 0 Å². The highest BCUT2D eigenvalue weighted by Crippen LogP contribution is 2.66. The van der Waals surface area contributed by atoms with Crippen molar-refractivity contribution in [2.45, 2.75) is 85.2 Å². The van der Waals surface area contributed by atoms with E-state index >= 15 is 0 Å². The molecule has 0 saturated carbocycles. The van der Waals surface area contributed by atoms with Crippen LogP contribution in [0.5, 0.6) is 0 Å². The Labute approximate surface area is 187 Å². The van der Waals surface area contributed by atoms with Crippen LogP contribution in [0.25, 0.3) is 0 Å². The van der Waals surface area contributed by atoms with Gasteiger partial charge in [-0.05, 0) is 6.42 Å². The first-order valence-corrected chi connectivity index (χ1v) is 8.38. The maximum absolute atomic E-state index is 13.5. The van der Waals surface area contributed by atoms with E-state index in [1.807, 2.05) is 0 Å². The first-order valence-electron chi connectivity index (χ1n) is 8.38. The molecular formula is C14H7F23. The summed E-state index contributed by atoms with van der Waals surface area (Å²) >= 11 is 0. The topological polar surface area (TPSA) is 0 Å². The average molecular weight is 612 g/mol. The third-order valence-electron chi connectivity index (χ3n) is 4.62. The largest absolute Gasteiger partial charge is 0.385 e. The molecule has 0 heterocycles. The van der Waals surface area contributed by atoms with Gasteiger partial charge < -0.3 is 0 Å². The van der Waals surface area contributed by atoms with E-state index in [0.717, 1.165) is 0 Å². The smallest absolute Gasteiger partial charge is 0.241 e. The van der Waals surface area contributed by atoms with E-state index in [1.165, 1.54) is 0 Å². The molecule has 23 heteroatoms. The second-order valence-electron chi connectivity index (χ2n) is 7.02. The van der Waals surface area contributed by atoms with Gasteiger partial charge in [0.15, 0.2) is 6.17 Å². The first-order chi connectivity index (χ1) is 15.7. The maximum Gasteiger partial charge on any atom is 0.385 e. The third-order valence-corrected chi connectivity index (χ3v) is 4.62. The predicted octanol–water partition coefficient (Wildman–Crippen LogP) is 8.35. The van der Waals surface area contributed by atoms with E-state index in [-0.39, 0.29) is 6.92 Å². The molecule has 0 aliphatic carbocycles. The molecule has 0 aromatic carbocycles. The van der Waals surface area contributed by atoms with Crippen LogP contribution in [0.4, 0.5) is 101 Å². The summed E-state index contributed by atoms with van der Waals surface area (Å²) in [5.74, 6) is -86.7. The lowest BCUT2D eigenvalue weighted by Gasteiger charge is -2.45. The standard InChI is InChI=1S/C14H7F23/c1-2-3(15)5(18,19)7(22,23)9(26,27)11(30,31)13(34,35)14(36,37)12(32,33)10(28,29)8(24,25)6(20,21)4(16)17/h3-4H,2H2,1H3. The molecule has 0 aromatic heterocycles. The minimum absolute atomic E-state index is 0.103. The Morgan fingerprint density at radius 2 is 0.541 bits per heavy atom. The quantitative estimate of drug-likeness (QED) is 0.195. The highest BCUT2D eigenvalue weighted by atomic mass is 19.4. The van der Waals surface area contributed by atoms with Crippen LogP contribution in [-0.2, 0) is 0 Å². The van der Waals surface area contributed by atoms with Crippen molar-refractivity contribution in [1.82, 2.24) is 0 Å². The van der Waals surface area contributed by atoms with E-state index in [4.69, 9.17) is 0 Å². The molecule has 37 heavy (non-hydrogen) atoms. The average Bonchev–Trinajstić information content (AvgIpc) is 2.71. The summed E-state index contributed by atoms with van der Waals surface area (Å²) in [5, 5.41) is 0. The second-order valence-corrected chi connectivity index (χ2v) is 7.02. The summed E-state index contributed by atoms with van der Waals surface area (Å²) < 4.78 is 302. The summed E-state index contributed by atoms with van der Waals surface area (Å²) in [4.78, 5) is 0. The maximum atomic E-state index is 13.5. The van der Waals surface area contributed by atoms with Crippen LogP contribution in [0, 0.1) is 0 Å². The Morgan fingerprint density at radius 1 is 0.351 bits per heavy atom. The fraction of sp³-hybridized carbons (Fsp3) is 1.00. The molecular weight excluding hydrogens is 605 g/mol. The molecule has 0 aromatic rings. The highest BCUT2D eigenvalue weighted by Gasteiger charge is 2.98. The summed E-state index contributed by atoms with van der Waals surface area (Å²) in [6.45, 7) is 0.103. The zero-order chi connectivity index (χ0) is 30.9. The minimum atomic E-state index is -9.32. The monoisotopic (exact) mass is 612 g/mol. The van der Waals surface area contributed by atoms with E-state index in [9.17, 15) is 101 Å². The lowest BCUT2D eigenvalue weighted by molar-refractivity contribution is -0.472. The van der Waals surface area contributed by atoms with Gasteiger partial charge in [-0.1, -0.05) is 6.92 Å². The van der Waals surface area contributed by atoms with Gasteiger partial charge in [-0.3, -0.25) is 0 Å². The molecule has 0 aliphatic heterocycles. The molecule has 0 saturated heterocycles. The zero-order valence-electron chi connectivity index (χ0n) is 16.6. The Bertz CT molecular complexity index is 806. The van der Waals surface area contributed by atoms with Gasteiger partial charge in [-0.2, -0.15) is 87.8 Å². The van der Waals surface area contributed by atoms with Crippen molar-refractivity contribution in [3.63, 3.8) is 0 Å². The highest BCUT2D eigenvalue weighted by molar-refractivity contribution is 5.19. The number of rotatable bonds is 12. The fourth-order valence-electron chi connectivity index (χ4n) is 2.19. The van der Waals surface area contributed by atoms with E-state index in [2.05, 4.69) is 0 Å². The van der Waals surface area contributed by atoms with Crippen molar-refractivity contribution >= 4 is 0 Å². The zero-order valence-corrected chi connectivity index (χ0v) is 16.6. The summed E-state index contributed by atoms with van der Waals surface area (Å²) in [6.07, 6.45) is -12.9. The van der Waals surface area contributed by atoms with Crippen LogP contribution in [-0.4, -0.2) is 71.8 Å². The van der Waals surface area contributed by atoms with Crippen molar-refractivity contribution in [3.8, 4) is 0 Å². The molecule has 0 bridgehead atoms. The van der Waals surface area contributed by atoms with Crippen molar-refractivity contribution < 1.29 is 101 Å². The molecule has 0 rings (SSSR count). The van der Waals surface area contributed by atoms with Crippen molar-refractivity contribution in [3.05, 3.63) is 0 Å². The molecule has 0 radical (unpaired) electrons. The molecule has 0 aliphatic rings. The SMILES string of the molecule is CCC(F)C(F)(F)C(F)(F)C(F)(F)C(F)(F)C(F)(F)C(F)(F)C(F)(F)C(F)(F)C(F)(F)C(F)(F)C(F)F. The van der Waals surface area contributed by atoms with Crippen molar-refractivity contribution in [2.75, 3.05) is 0 Å². The molecule has 0 spiro atoms. The van der Waals surface area contributed by atoms with Crippen LogP contribution >= 0.6 is 0 Å². The van der Waals surface area contributed by atoms with Gasteiger partial charge in [-0.15, -0.1) is 0 Å². The predicted molar refractivity (Wildman–Crippen MR) is 70.7 cm³/mol. The lowest BCUT2D eigenvalue weighted by atomic mass is 9.84. The van der Waals surface area contributed by atoms with Crippen LogP contribution in [0.1, 0.15) is 13.3 Å².